The van der Waals surface area contributed by atoms with Gasteiger partial charge in [-0.05, 0) is 0 Å². The Kier molecular flexibility index (Phi) is 4.93. The Balaban J connectivity index is 3.11. The van der Waals surface area contributed by atoms with E-state index >= 15 is 0 Å². The van der Waals surface area contributed by atoms with Gasteiger partial charge in [-0.1, -0.05) is 30.3 Å². The van der Waals surface area contributed by atoms with Gasteiger partial charge in [0.2, 0.25) is 0 Å². The van der Waals surface area contributed by atoms with Gasteiger partial charge in [-0.25, -0.2) is 19.2 Å². The van der Waals surface area contributed by atoms with Crippen molar-refractivity contribution in [2.45, 2.75) is 0 Å². The quantitative estimate of drug-likeness (QED) is 0.463. The molecule has 0 aromatic heterocycles. The number of carboxylic acids is 4. The van der Waals surface area contributed by atoms with Crippen molar-refractivity contribution < 1.29 is 49.5 Å². The van der Waals surface area contributed by atoms with Crippen molar-refractivity contribution in [1.82, 2.24) is 0 Å². The van der Waals surface area contributed by atoms with Crippen LogP contribution in [0.25, 0.3) is 0 Å². The normalized spacial score (nSPS) is 10.2. The van der Waals surface area contributed by atoms with Gasteiger partial charge in [-0.15, -0.1) is 0 Å². The molecule has 0 aliphatic heterocycles. The maximum Gasteiger partial charge on any atom is 0.340 e. The van der Waals surface area contributed by atoms with E-state index < -0.39 is 63.2 Å². The summed E-state index contributed by atoms with van der Waals surface area (Å²) in [4.78, 5) is 58.7. The molecule has 0 fully saturated rings. The van der Waals surface area contributed by atoms with Crippen molar-refractivity contribution in [1.29, 1.82) is 0 Å². The Bertz CT molecular complexity index is 1000. The number of hydrogen-bond donors (Lipinski definition) is 5. The van der Waals surface area contributed by atoms with Gasteiger partial charge in [0, 0.05) is 5.56 Å². The number of carbonyl (C=O) groups is 5. The van der Waals surface area contributed by atoms with E-state index in [0.29, 0.717) is 0 Å². The fraction of sp³-hybridized carbons (Fsp3) is 0. The number of carbonyl (C=O) groups excluding carboxylic acids is 1. The summed E-state index contributed by atoms with van der Waals surface area (Å²) in [6.45, 7) is 0. The molecule has 0 saturated carbocycles. The Morgan fingerprint density at radius 1 is 0.556 bits per heavy atom. The predicted octanol–water partition coefficient (Wildman–Crippen LogP) is 1.42. The molecule has 2 rings (SSSR count). The van der Waals surface area contributed by atoms with Crippen LogP contribution in [0, 0.1) is 0 Å². The van der Waals surface area contributed by atoms with Gasteiger partial charge in [0.05, 0.1) is 22.3 Å². The summed E-state index contributed by atoms with van der Waals surface area (Å²) in [5.74, 6) is -10.9. The average molecular weight is 374 g/mol. The average Bonchev–Trinajstić information content (AvgIpc) is 2.59. The lowest BCUT2D eigenvalue weighted by molar-refractivity contribution is 0.0615. The molecule has 0 atom stereocenters. The summed E-state index contributed by atoms with van der Waals surface area (Å²) in [5.41, 5.74) is -6.90. The first kappa shape index (κ1) is 19.1. The predicted molar refractivity (Wildman–Crippen MR) is 85.8 cm³/mol. The Morgan fingerprint density at radius 3 is 1.33 bits per heavy atom. The molecule has 2 aromatic rings. The largest absolute Gasteiger partial charge is 0.506 e. The molecular weight excluding hydrogens is 364 g/mol. The highest BCUT2D eigenvalue weighted by atomic mass is 16.4. The minimum Gasteiger partial charge on any atom is -0.506 e. The fourth-order valence-corrected chi connectivity index (χ4v) is 2.54. The maximum absolute atomic E-state index is 12.7. The van der Waals surface area contributed by atoms with Crippen molar-refractivity contribution >= 4 is 29.7 Å². The van der Waals surface area contributed by atoms with Crippen LogP contribution in [0.3, 0.4) is 0 Å². The summed E-state index contributed by atoms with van der Waals surface area (Å²) in [6, 6.07) is 6.76. The molecule has 0 heterocycles. The van der Waals surface area contributed by atoms with E-state index in [1.54, 1.807) is 0 Å². The van der Waals surface area contributed by atoms with E-state index in [0.717, 1.165) is 0 Å². The summed E-state index contributed by atoms with van der Waals surface area (Å²) < 4.78 is 0. The Morgan fingerprint density at radius 2 is 0.926 bits per heavy atom. The molecule has 0 saturated heterocycles. The van der Waals surface area contributed by atoms with Crippen LogP contribution in [0.4, 0.5) is 0 Å². The number of rotatable bonds is 6. The van der Waals surface area contributed by atoms with E-state index in [4.69, 9.17) is 0 Å². The van der Waals surface area contributed by atoms with Gasteiger partial charge in [-0.3, -0.25) is 4.79 Å². The van der Waals surface area contributed by atoms with Crippen LogP contribution in [0.2, 0.25) is 0 Å². The monoisotopic (exact) mass is 374 g/mol. The first-order valence-electron chi connectivity index (χ1n) is 7.05. The molecule has 0 bridgehead atoms. The van der Waals surface area contributed by atoms with Crippen molar-refractivity contribution in [2.75, 3.05) is 0 Å². The molecule has 2 aromatic carbocycles. The van der Waals surface area contributed by atoms with E-state index in [1.807, 2.05) is 0 Å². The highest BCUT2D eigenvalue weighted by molar-refractivity contribution is 6.23. The van der Waals surface area contributed by atoms with Gasteiger partial charge in [0.25, 0.3) is 0 Å². The van der Waals surface area contributed by atoms with Gasteiger partial charge in [0.15, 0.2) is 5.78 Å². The van der Waals surface area contributed by atoms with Gasteiger partial charge in [0.1, 0.15) is 11.3 Å². The molecular formula is C17H10O10. The van der Waals surface area contributed by atoms with E-state index in [9.17, 15) is 49.5 Å². The van der Waals surface area contributed by atoms with Crippen LogP contribution in [-0.2, 0) is 0 Å². The number of phenols is 1. The number of ketones is 1. The smallest absolute Gasteiger partial charge is 0.340 e. The third-order valence-corrected chi connectivity index (χ3v) is 3.59. The summed E-state index contributed by atoms with van der Waals surface area (Å²) in [6.07, 6.45) is 0. The minimum atomic E-state index is -2.10. The van der Waals surface area contributed by atoms with Crippen molar-refractivity contribution in [3.8, 4) is 5.75 Å². The molecule has 10 nitrogen and oxygen atoms in total. The van der Waals surface area contributed by atoms with Crippen LogP contribution >= 0.6 is 0 Å². The fourth-order valence-electron chi connectivity index (χ4n) is 2.54. The lowest BCUT2D eigenvalue weighted by atomic mass is 9.86. The second kappa shape index (κ2) is 6.96. The minimum absolute atomic E-state index is 0.175. The Hall–Kier alpha value is -4.21. The number of hydrogen-bond acceptors (Lipinski definition) is 6. The third kappa shape index (κ3) is 3.18. The topological polar surface area (TPSA) is 186 Å². The second-order valence-electron chi connectivity index (χ2n) is 5.14. The molecule has 138 valence electrons. The molecule has 0 aliphatic rings. The van der Waals surface area contributed by atoms with Crippen LogP contribution in [0.15, 0.2) is 30.3 Å². The molecule has 0 aliphatic carbocycles. The molecule has 5 N–H and O–H groups in total. The number of aromatic carboxylic acids is 4. The van der Waals surface area contributed by atoms with E-state index in [-0.39, 0.29) is 5.56 Å². The molecule has 10 heteroatoms. The zero-order chi connectivity index (χ0) is 20.5. The van der Waals surface area contributed by atoms with Gasteiger partial charge >= 0.3 is 23.9 Å². The zero-order valence-corrected chi connectivity index (χ0v) is 13.2. The Labute approximate surface area is 149 Å². The van der Waals surface area contributed by atoms with Gasteiger partial charge in [-0.2, -0.15) is 0 Å². The number of aromatic hydroxyl groups is 1. The highest BCUT2D eigenvalue weighted by Gasteiger charge is 2.38. The zero-order valence-electron chi connectivity index (χ0n) is 13.2. The summed E-state index contributed by atoms with van der Waals surface area (Å²) in [5, 5.41) is 47.4. The SMILES string of the molecule is O=C(O)c1c(O)c(C(=O)c2ccccc2)c(C(=O)O)c(C(=O)O)c1C(=O)O. The van der Waals surface area contributed by atoms with Crippen LogP contribution in [0.1, 0.15) is 57.4 Å². The summed E-state index contributed by atoms with van der Waals surface area (Å²) >= 11 is 0. The maximum atomic E-state index is 12.7. The number of carboxylic acid groups (broad SMARTS) is 4. The van der Waals surface area contributed by atoms with Crippen molar-refractivity contribution in [3.63, 3.8) is 0 Å². The first-order valence-corrected chi connectivity index (χ1v) is 7.05. The van der Waals surface area contributed by atoms with E-state index in [1.165, 1.54) is 30.3 Å². The first-order chi connectivity index (χ1) is 12.6. The van der Waals surface area contributed by atoms with Crippen LogP contribution in [-0.4, -0.2) is 55.2 Å². The van der Waals surface area contributed by atoms with Crippen LogP contribution in [0.5, 0.6) is 5.75 Å². The second-order valence-corrected chi connectivity index (χ2v) is 5.14. The van der Waals surface area contributed by atoms with Crippen molar-refractivity contribution in [2.24, 2.45) is 0 Å². The van der Waals surface area contributed by atoms with Crippen molar-refractivity contribution in [3.05, 3.63) is 63.7 Å². The molecule has 0 radical (unpaired) electrons. The van der Waals surface area contributed by atoms with Crippen LogP contribution < -0.4 is 0 Å². The molecule has 27 heavy (non-hydrogen) atoms. The lowest BCUT2D eigenvalue weighted by Crippen LogP contribution is -2.23. The summed E-state index contributed by atoms with van der Waals surface area (Å²) in [7, 11) is 0. The van der Waals surface area contributed by atoms with Gasteiger partial charge < -0.3 is 25.5 Å². The van der Waals surface area contributed by atoms with E-state index in [2.05, 4.69) is 0 Å². The molecule has 0 spiro atoms. The lowest BCUT2D eigenvalue weighted by Gasteiger charge is -2.16. The molecule has 0 amide bonds. The standard InChI is InChI=1S/C17H10O10/c18-12(6-4-2-1-3-5-6)10-8(15(22)23)7(14(20)21)9(16(24)25)11(13(10)19)17(26)27/h1-5,19H,(H,20,21)(H,22,23)(H,24,25)(H,26,27). The third-order valence-electron chi connectivity index (χ3n) is 3.59. The number of benzene rings is 2. The molecule has 0 unspecified atom stereocenters. The highest BCUT2D eigenvalue weighted by Crippen LogP contribution is 2.35.